The summed E-state index contributed by atoms with van der Waals surface area (Å²) < 4.78 is 11.1. The molecule has 144 valence electrons. The van der Waals surface area contributed by atoms with Gasteiger partial charge in [0.25, 0.3) is 5.91 Å². The van der Waals surface area contributed by atoms with Crippen LogP contribution in [0.15, 0.2) is 42.5 Å². The van der Waals surface area contributed by atoms with Gasteiger partial charge in [-0.1, -0.05) is 12.1 Å². The molecular formula is C20H25N3O3S. The van der Waals surface area contributed by atoms with Crippen molar-refractivity contribution < 1.29 is 14.3 Å². The van der Waals surface area contributed by atoms with Gasteiger partial charge in [-0.25, -0.2) is 0 Å². The van der Waals surface area contributed by atoms with Crippen molar-refractivity contribution >= 4 is 28.9 Å². The Labute approximate surface area is 165 Å². The fraction of sp³-hybridized carbons (Fsp3) is 0.300. The molecule has 0 aliphatic heterocycles. The van der Waals surface area contributed by atoms with Gasteiger partial charge in [0.1, 0.15) is 11.5 Å². The van der Waals surface area contributed by atoms with Crippen LogP contribution in [0.5, 0.6) is 11.5 Å². The predicted molar refractivity (Wildman–Crippen MR) is 111 cm³/mol. The Morgan fingerprint density at radius 3 is 2.48 bits per heavy atom. The van der Waals surface area contributed by atoms with Crippen molar-refractivity contribution in [2.75, 3.05) is 11.9 Å². The lowest BCUT2D eigenvalue weighted by molar-refractivity contribution is -0.127. The molecular weight excluding hydrogens is 362 g/mol. The van der Waals surface area contributed by atoms with Crippen LogP contribution in [0.25, 0.3) is 0 Å². The zero-order valence-corrected chi connectivity index (χ0v) is 16.8. The van der Waals surface area contributed by atoms with E-state index in [1.165, 1.54) is 0 Å². The minimum absolute atomic E-state index is 0.270. The van der Waals surface area contributed by atoms with E-state index in [0.29, 0.717) is 12.4 Å². The Kier molecular flexibility index (Phi) is 7.43. The van der Waals surface area contributed by atoms with E-state index in [-0.39, 0.29) is 11.0 Å². The van der Waals surface area contributed by atoms with Crippen LogP contribution < -0.4 is 25.6 Å². The van der Waals surface area contributed by atoms with Gasteiger partial charge in [0.15, 0.2) is 11.2 Å². The maximum atomic E-state index is 12.2. The number of amides is 1. The van der Waals surface area contributed by atoms with Crippen molar-refractivity contribution in [3.8, 4) is 11.5 Å². The van der Waals surface area contributed by atoms with Crippen molar-refractivity contribution in [2.45, 2.75) is 33.8 Å². The van der Waals surface area contributed by atoms with Crippen LogP contribution in [-0.4, -0.2) is 23.7 Å². The highest BCUT2D eigenvalue weighted by molar-refractivity contribution is 7.80. The van der Waals surface area contributed by atoms with Gasteiger partial charge in [-0.3, -0.25) is 15.6 Å². The van der Waals surface area contributed by atoms with Crippen LogP contribution in [-0.2, 0) is 4.79 Å². The molecule has 0 unspecified atom stereocenters. The van der Waals surface area contributed by atoms with Crippen LogP contribution in [0.1, 0.15) is 25.0 Å². The average molecular weight is 388 g/mol. The number of ether oxygens (including phenoxy) is 2. The fourth-order valence-corrected chi connectivity index (χ4v) is 2.45. The van der Waals surface area contributed by atoms with E-state index < -0.39 is 6.10 Å². The third-order valence-corrected chi connectivity index (χ3v) is 4.15. The summed E-state index contributed by atoms with van der Waals surface area (Å²) in [6.07, 6.45) is -0.675. The standard InChI is InChI=1S/C20H25N3O3S/c1-5-25-17-11-9-16(10-12-17)21-20(27)23-22-19(24)15(4)26-18-8-6-7-13(2)14(18)3/h6-12,15H,5H2,1-4H3,(H,22,24)(H2,21,23,27)/t15-/m0/s1. The van der Waals surface area contributed by atoms with E-state index in [0.717, 1.165) is 22.6 Å². The molecule has 0 saturated carbocycles. The first-order valence-electron chi connectivity index (χ1n) is 8.73. The quantitative estimate of drug-likeness (QED) is 0.521. The van der Waals surface area contributed by atoms with Crippen LogP contribution in [0.4, 0.5) is 5.69 Å². The highest BCUT2D eigenvalue weighted by Crippen LogP contribution is 2.21. The second kappa shape index (κ2) is 9.78. The number of carbonyl (C=O) groups excluding carboxylic acids is 1. The number of aryl methyl sites for hydroxylation is 1. The van der Waals surface area contributed by atoms with E-state index in [4.69, 9.17) is 21.7 Å². The Balaban J connectivity index is 1.81. The van der Waals surface area contributed by atoms with E-state index >= 15 is 0 Å². The van der Waals surface area contributed by atoms with Crippen molar-refractivity contribution in [1.82, 2.24) is 10.9 Å². The Morgan fingerprint density at radius 1 is 1.11 bits per heavy atom. The monoisotopic (exact) mass is 387 g/mol. The number of carbonyl (C=O) groups is 1. The highest BCUT2D eigenvalue weighted by atomic mass is 32.1. The fourth-order valence-electron chi connectivity index (χ4n) is 2.28. The first-order valence-corrected chi connectivity index (χ1v) is 9.14. The number of hydrogen-bond acceptors (Lipinski definition) is 4. The Hall–Kier alpha value is -2.80. The summed E-state index contributed by atoms with van der Waals surface area (Å²) in [7, 11) is 0. The SMILES string of the molecule is CCOc1ccc(NC(=S)NNC(=O)[C@H](C)Oc2cccc(C)c2C)cc1. The summed E-state index contributed by atoms with van der Waals surface area (Å²) in [4.78, 5) is 12.2. The summed E-state index contributed by atoms with van der Waals surface area (Å²) >= 11 is 5.18. The summed E-state index contributed by atoms with van der Waals surface area (Å²) in [5, 5.41) is 3.25. The van der Waals surface area contributed by atoms with Gasteiger partial charge in [0.2, 0.25) is 0 Å². The lowest BCUT2D eigenvalue weighted by atomic mass is 10.1. The Bertz CT molecular complexity index is 794. The van der Waals surface area contributed by atoms with E-state index in [9.17, 15) is 4.79 Å². The molecule has 2 rings (SSSR count). The molecule has 2 aromatic carbocycles. The van der Waals surface area contributed by atoms with Gasteiger partial charge < -0.3 is 14.8 Å². The summed E-state index contributed by atoms with van der Waals surface area (Å²) in [6, 6.07) is 13.1. The molecule has 0 aromatic heterocycles. The number of nitrogens with one attached hydrogen (secondary N) is 3. The molecule has 0 aliphatic rings. The van der Waals surface area contributed by atoms with E-state index in [1.807, 2.05) is 63.2 Å². The molecule has 7 heteroatoms. The maximum Gasteiger partial charge on any atom is 0.279 e. The molecule has 0 saturated heterocycles. The summed E-state index contributed by atoms with van der Waals surface area (Å²) in [6.45, 7) is 8.19. The van der Waals surface area contributed by atoms with Gasteiger partial charge in [0.05, 0.1) is 6.61 Å². The maximum absolute atomic E-state index is 12.2. The van der Waals surface area contributed by atoms with Crippen molar-refractivity contribution in [3.05, 3.63) is 53.6 Å². The minimum Gasteiger partial charge on any atom is -0.494 e. The summed E-state index contributed by atoms with van der Waals surface area (Å²) in [5.41, 5.74) is 8.12. The average Bonchev–Trinajstić information content (AvgIpc) is 2.65. The number of thiocarbonyl (C=S) groups is 1. The third-order valence-electron chi connectivity index (χ3n) is 3.95. The predicted octanol–water partition coefficient (Wildman–Crippen LogP) is 3.49. The van der Waals surface area contributed by atoms with Crippen LogP contribution >= 0.6 is 12.2 Å². The Morgan fingerprint density at radius 2 is 1.81 bits per heavy atom. The van der Waals surface area contributed by atoms with Crippen molar-refractivity contribution in [2.24, 2.45) is 0 Å². The number of hydrogen-bond donors (Lipinski definition) is 3. The molecule has 1 amide bonds. The molecule has 0 spiro atoms. The second-order valence-electron chi connectivity index (χ2n) is 5.98. The van der Waals surface area contributed by atoms with Gasteiger partial charge >= 0.3 is 0 Å². The van der Waals surface area contributed by atoms with Crippen LogP contribution in [0, 0.1) is 13.8 Å². The molecule has 2 aromatic rings. The van der Waals surface area contributed by atoms with Crippen molar-refractivity contribution in [1.29, 1.82) is 0 Å². The molecule has 0 heterocycles. The normalized spacial score (nSPS) is 11.3. The zero-order chi connectivity index (χ0) is 19.8. The topological polar surface area (TPSA) is 71.6 Å². The number of anilines is 1. The highest BCUT2D eigenvalue weighted by Gasteiger charge is 2.16. The first kappa shape index (κ1) is 20.5. The zero-order valence-electron chi connectivity index (χ0n) is 16.0. The molecule has 0 bridgehead atoms. The molecule has 0 radical (unpaired) electrons. The lowest BCUT2D eigenvalue weighted by Crippen LogP contribution is -2.48. The van der Waals surface area contributed by atoms with Crippen LogP contribution in [0.2, 0.25) is 0 Å². The molecule has 0 fully saturated rings. The minimum atomic E-state index is -0.675. The van der Waals surface area contributed by atoms with Gasteiger partial charge in [-0.2, -0.15) is 0 Å². The summed E-state index contributed by atoms with van der Waals surface area (Å²) in [5.74, 6) is 1.15. The first-order chi connectivity index (χ1) is 12.9. The molecule has 3 N–H and O–H groups in total. The van der Waals surface area contributed by atoms with Crippen LogP contribution in [0.3, 0.4) is 0 Å². The molecule has 0 aliphatic carbocycles. The van der Waals surface area contributed by atoms with Crippen molar-refractivity contribution in [3.63, 3.8) is 0 Å². The lowest BCUT2D eigenvalue weighted by Gasteiger charge is -2.18. The van der Waals surface area contributed by atoms with Gasteiger partial charge in [-0.05, 0) is 81.4 Å². The molecule has 1 atom stereocenters. The van der Waals surface area contributed by atoms with E-state index in [2.05, 4.69) is 16.2 Å². The van der Waals surface area contributed by atoms with E-state index in [1.54, 1.807) is 6.92 Å². The number of rotatable bonds is 6. The second-order valence-corrected chi connectivity index (χ2v) is 6.39. The third kappa shape index (κ3) is 6.14. The molecule has 27 heavy (non-hydrogen) atoms. The number of hydrazine groups is 1. The smallest absolute Gasteiger partial charge is 0.279 e. The number of benzene rings is 2. The van der Waals surface area contributed by atoms with Gasteiger partial charge in [0, 0.05) is 5.69 Å². The largest absolute Gasteiger partial charge is 0.494 e. The molecule has 6 nitrogen and oxygen atoms in total. The van der Waals surface area contributed by atoms with Gasteiger partial charge in [-0.15, -0.1) is 0 Å².